The van der Waals surface area contributed by atoms with E-state index in [0.717, 1.165) is 22.2 Å². The highest BCUT2D eigenvalue weighted by molar-refractivity contribution is 9.10. The summed E-state index contributed by atoms with van der Waals surface area (Å²) in [5.41, 5.74) is 7.61. The van der Waals surface area contributed by atoms with Gasteiger partial charge in [0.05, 0.1) is 12.3 Å². The molecule has 0 bridgehead atoms. The Morgan fingerprint density at radius 3 is 2.50 bits per heavy atom. The molecule has 0 fully saturated rings. The van der Waals surface area contributed by atoms with Gasteiger partial charge in [-0.1, -0.05) is 35.0 Å². The van der Waals surface area contributed by atoms with Gasteiger partial charge in [-0.2, -0.15) is 0 Å². The molecule has 0 aliphatic carbocycles. The van der Waals surface area contributed by atoms with Crippen molar-refractivity contribution in [3.8, 4) is 11.5 Å². The Balaban J connectivity index is 2.00. The molecule has 4 heteroatoms. The molecule has 0 aliphatic rings. The Hall–Kier alpha value is -1.68. The fourth-order valence-corrected chi connectivity index (χ4v) is 1.95. The topological polar surface area (TPSA) is 44.5 Å². The average molecular weight is 336 g/mol. The van der Waals surface area contributed by atoms with Gasteiger partial charge in [0.2, 0.25) is 0 Å². The quantitative estimate of drug-likeness (QED) is 0.795. The number of rotatable bonds is 6. The Morgan fingerprint density at radius 2 is 1.80 bits per heavy atom. The van der Waals surface area contributed by atoms with Crippen LogP contribution in [0.25, 0.3) is 0 Å². The van der Waals surface area contributed by atoms with Gasteiger partial charge in [0.15, 0.2) is 0 Å². The van der Waals surface area contributed by atoms with Gasteiger partial charge in [0, 0.05) is 10.5 Å². The lowest BCUT2D eigenvalue weighted by Crippen LogP contribution is -2.00. The second-order valence-electron chi connectivity index (χ2n) is 4.46. The van der Waals surface area contributed by atoms with Crippen LogP contribution in [0.1, 0.15) is 18.9 Å². The summed E-state index contributed by atoms with van der Waals surface area (Å²) in [5.74, 6) is 1.44. The monoisotopic (exact) mass is 335 g/mol. The summed E-state index contributed by atoms with van der Waals surface area (Å²) in [6.45, 7) is 3.23. The number of halogens is 1. The number of hydrogen-bond acceptors (Lipinski definition) is 3. The van der Waals surface area contributed by atoms with Crippen LogP contribution in [0, 0.1) is 0 Å². The van der Waals surface area contributed by atoms with Crippen LogP contribution in [0.15, 0.2) is 46.9 Å². The van der Waals surface area contributed by atoms with Gasteiger partial charge < -0.3 is 15.2 Å². The SMILES string of the molecule is CCCOc1cc(OCc2ccc(Br)cc2)ccc1N. The first kappa shape index (κ1) is 14.7. The summed E-state index contributed by atoms with van der Waals surface area (Å²) in [6, 6.07) is 13.5. The average Bonchev–Trinajstić information content (AvgIpc) is 2.46. The molecule has 0 atom stereocenters. The third-order valence-electron chi connectivity index (χ3n) is 2.77. The molecule has 2 N–H and O–H groups in total. The second kappa shape index (κ2) is 7.20. The summed E-state index contributed by atoms with van der Waals surface area (Å²) >= 11 is 3.41. The van der Waals surface area contributed by atoms with Gasteiger partial charge in [-0.3, -0.25) is 0 Å². The number of ether oxygens (including phenoxy) is 2. The first-order chi connectivity index (χ1) is 9.69. The summed E-state index contributed by atoms with van der Waals surface area (Å²) in [7, 11) is 0. The molecule has 0 unspecified atom stereocenters. The predicted octanol–water partition coefficient (Wildman–Crippen LogP) is 4.40. The number of benzene rings is 2. The minimum absolute atomic E-state index is 0.518. The number of nitrogens with two attached hydrogens (primary N) is 1. The third kappa shape index (κ3) is 4.17. The van der Waals surface area contributed by atoms with Crippen molar-refractivity contribution in [1.82, 2.24) is 0 Å². The Kier molecular flexibility index (Phi) is 5.30. The number of anilines is 1. The van der Waals surface area contributed by atoms with Crippen molar-refractivity contribution < 1.29 is 9.47 Å². The fraction of sp³-hybridized carbons (Fsp3) is 0.250. The number of hydrogen-bond donors (Lipinski definition) is 1. The molecule has 20 heavy (non-hydrogen) atoms. The van der Waals surface area contributed by atoms with Gasteiger partial charge in [-0.05, 0) is 36.2 Å². The van der Waals surface area contributed by atoms with Gasteiger partial charge >= 0.3 is 0 Å². The standard InChI is InChI=1S/C16H18BrNO2/c1-2-9-19-16-10-14(7-8-15(16)18)20-11-12-3-5-13(17)6-4-12/h3-8,10H,2,9,11,18H2,1H3. The molecule has 0 radical (unpaired) electrons. The lowest BCUT2D eigenvalue weighted by molar-refractivity contribution is 0.295. The maximum Gasteiger partial charge on any atom is 0.145 e. The third-order valence-corrected chi connectivity index (χ3v) is 3.29. The molecule has 3 nitrogen and oxygen atoms in total. The van der Waals surface area contributed by atoms with Gasteiger partial charge in [0.1, 0.15) is 18.1 Å². The van der Waals surface area contributed by atoms with Crippen molar-refractivity contribution in [2.75, 3.05) is 12.3 Å². The van der Waals surface area contributed by atoms with Crippen molar-refractivity contribution in [3.05, 3.63) is 52.5 Å². The van der Waals surface area contributed by atoms with Crippen LogP contribution >= 0.6 is 15.9 Å². The molecule has 0 saturated heterocycles. The largest absolute Gasteiger partial charge is 0.491 e. The second-order valence-corrected chi connectivity index (χ2v) is 5.38. The predicted molar refractivity (Wildman–Crippen MR) is 85.1 cm³/mol. The molecule has 2 aromatic carbocycles. The van der Waals surface area contributed by atoms with E-state index in [0.29, 0.717) is 24.7 Å². The molecule has 0 spiro atoms. The highest BCUT2D eigenvalue weighted by Gasteiger charge is 2.03. The maximum absolute atomic E-state index is 5.87. The summed E-state index contributed by atoms with van der Waals surface area (Å²) in [5, 5.41) is 0. The molecule has 106 valence electrons. The van der Waals surface area contributed by atoms with Crippen LogP contribution in [-0.4, -0.2) is 6.61 Å². The van der Waals surface area contributed by atoms with Gasteiger partial charge in [-0.25, -0.2) is 0 Å². The zero-order chi connectivity index (χ0) is 14.4. The van der Waals surface area contributed by atoms with E-state index in [1.807, 2.05) is 42.5 Å². The van der Waals surface area contributed by atoms with E-state index < -0.39 is 0 Å². The molecule has 0 aromatic heterocycles. The van der Waals surface area contributed by atoms with E-state index in [-0.39, 0.29) is 0 Å². The van der Waals surface area contributed by atoms with Crippen LogP contribution in [-0.2, 0) is 6.61 Å². The van der Waals surface area contributed by atoms with Crippen LogP contribution in [0.3, 0.4) is 0 Å². The number of nitrogen functional groups attached to an aromatic ring is 1. The first-order valence-corrected chi connectivity index (χ1v) is 7.38. The minimum Gasteiger partial charge on any atom is -0.491 e. The van der Waals surface area contributed by atoms with Crippen LogP contribution < -0.4 is 15.2 Å². The highest BCUT2D eigenvalue weighted by Crippen LogP contribution is 2.27. The van der Waals surface area contributed by atoms with Crippen LogP contribution in [0.2, 0.25) is 0 Å². The van der Waals surface area contributed by atoms with E-state index in [9.17, 15) is 0 Å². The lowest BCUT2D eigenvalue weighted by Gasteiger charge is -2.11. The van der Waals surface area contributed by atoms with Crippen LogP contribution in [0.5, 0.6) is 11.5 Å². The normalized spacial score (nSPS) is 10.3. The van der Waals surface area contributed by atoms with E-state index in [2.05, 4.69) is 22.9 Å². The molecular formula is C16H18BrNO2. The molecule has 0 saturated carbocycles. The summed E-state index contributed by atoms with van der Waals surface area (Å²) in [6.07, 6.45) is 0.948. The van der Waals surface area contributed by atoms with Gasteiger partial charge in [0.25, 0.3) is 0 Å². The molecule has 2 rings (SSSR count). The van der Waals surface area contributed by atoms with Crippen molar-refractivity contribution in [3.63, 3.8) is 0 Å². The molecule has 0 heterocycles. The minimum atomic E-state index is 0.518. The molecular weight excluding hydrogens is 318 g/mol. The van der Waals surface area contributed by atoms with E-state index in [1.165, 1.54) is 0 Å². The molecule has 0 amide bonds. The van der Waals surface area contributed by atoms with Gasteiger partial charge in [-0.15, -0.1) is 0 Å². The Labute approximate surface area is 127 Å². The zero-order valence-corrected chi connectivity index (χ0v) is 13.0. The first-order valence-electron chi connectivity index (χ1n) is 6.58. The van der Waals surface area contributed by atoms with Crippen molar-refractivity contribution in [2.24, 2.45) is 0 Å². The maximum atomic E-state index is 5.87. The van der Waals surface area contributed by atoms with Crippen molar-refractivity contribution in [2.45, 2.75) is 20.0 Å². The van der Waals surface area contributed by atoms with Crippen molar-refractivity contribution in [1.29, 1.82) is 0 Å². The van der Waals surface area contributed by atoms with Crippen LogP contribution in [0.4, 0.5) is 5.69 Å². The Bertz CT molecular complexity index is 555. The molecule has 0 aliphatic heterocycles. The summed E-state index contributed by atoms with van der Waals surface area (Å²) < 4.78 is 12.4. The fourth-order valence-electron chi connectivity index (χ4n) is 1.69. The highest BCUT2D eigenvalue weighted by atomic mass is 79.9. The Morgan fingerprint density at radius 1 is 1.05 bits per heavy atom. The molecule has 2 aromatic rings. The van der Waals surface area contributed by atoms with E-state index in [4.69, 9.17) is 15.2 Å². The van der Waals surface area contributed by atoms with E-state index >= 15 is 0 Å². The lowest BCUT2D eigenvalue weighted by atomic mass is 10.2. The summed E-state index contributed by atoms with van der Waals surface area (Å²) in [4.78, 5) is 0. The van der Waals surface area contributed by atoms with E-state index in [1.54, 1.807) is 0 Å². The zero-order valence-electron chi connectivity index (χ0n) is 11.4. The smallest absolute Gasteiger partial charge is 0.145 e. The van der Waals surface area contributed by atoms with Crippen molar-refractivity contribution >= 4 is 21.6 Å².